The summed E-state index contributed by atoms with van der Waals surface area (Å²) in [5, 5.41) is 3.28. The number of rotatable bonds is 4. The molecule has 1 aliphatic rings. The summed E-state index contributed by atoms with van der Waals surface area (Å²) >= 11 is 1.34. The number of thiophene rings is 1. The normalized spacial score (nSPS) is 13.7. The van der Waals surface area contributed by atoms with E-state index in [0.717, 1.165) is 16.9 Å². The fraction of sp³-hybridized carbons (Fsp3) is 0.500. The van der Waals surface area contributed by atoms with Gasteiger partial charge in [-0.25, -0.2) is 0 Å². The van der Waals surface area contributed by atoms with Crippen LogP contribution in [-0.4, -0.2) is 29.2 Å². The fourth-order valence-electron chi connectivity index (χ4n) is 2.44. The van der Waals surface area contributed by atoms with E-state index in [2.05, 4.69) is 5.32 Å². The van der Waals surface area contributed by atoms with Crippen LogP contribution in [0.2, 0.25) is 0 Å². The first kappa shape index (κ1) is 15.5. The Hall–Kier alpha value is -1.89. The molecular formula is C14H19N3O3S. The number of hydrogen-bond donors (Lipinski definition) is 2. The van der Waals surface area contributed by atoms with Crippen LogP contribution in [0, 0.1) is 0 Å². The lowest BCUT2D eigenvalue weighted by molar-refractivity contribution is -0.129. The lowest BCUT2D eigenvalue weighted by atomic mass is 10.0. The Labute approximate surface area is 127 Å². The van der Waals surface area contributed by atoms with Crippen molar-refractivity contribution in [3.63, 3.8) is 0 Å². The average molecular weight is 309 g/mol. The van der Waals surface area contributed by atoms with E-state index in [-0.39, 0.29) is 11.8 Å². The zero-order chi connectivity index (χ0) is 15.6. The molecule has 0 fully saturated rings. The van der Waals surface area contributed by atoms with Crippen molar-refractivity contribution in [3.8, 4) is 0 Å². The van der Waals surface area contributed by atoms with E-state index in [1.165, 1.54) is 18.3 Å². The van der Waals surface area contributed by atoms with Gasteiger partial charge in [0.2, 0.25) is 11.8 Å². The average Bonchev–Trinajstić information content (AvgIpc) is 2.75. The fourth-order valence-corrected chi connectivity index (χ4v) is 3.72. The topological polar surface area (TPSA) is 92.5 Å². The van der Waals surface area contributed by atoms with Gasteiger partial charge in [0.1, 0.15) is 5.00 Å². The lowest BCUT2D eigenvalue weighted by Crippen LogP contribution is -2.34. The second-order valence-electron chi connectivity index (χ2n) is 5.06. The second-order valence-corrected chi connectivity index (χ2v) is 6.17. The van der Waals surface area contributed by atoms with E-state index in [4.69, 9.17) is 5.73 Å². The number of fused-ring (bicyclic) bond motifs is 1. The Balaban J connectivity index is 2.32. The zero-order valence-corrected chi connectivity index (χ0v) is 13.0. The summed E-state index contributed by atoms with van der Waals surface area (Å²) in [6.45, 7) is 4.48. The van der Waals surface area contributed by atoms with Gasteiger partial charge < -0.3 is 16.0 Å². The van der Waals surface area contributed by atoms with Crippen LogP contribution in [0.5, 0.6) is 0 Å². The molecule has 1 aromatic heterocycles. The molecular weight excluding hydrogens is 290 g/mol. The van der Waals surface area contributed by atoms with Crippen LogP contribution < -0.4 is 11.1 Å². The van der Waals surface area contributed by atoms with E-state index in [0.29, 0.717) is 36.5 Å². The van der Waals surface area contributed by atoms with Crippen LogP contribution in [0.3, 0.4) is 0 Å². The molecule has 3 N–H and O–H groups in total. The standard InChI is InChI=1S/C14H19N3O3S/c1-3-4-11(19)16-14-12(13(15)20)9-5-6-17(8(2)18)7-10(9)21-14/h3-7H2,1-2H3,(H2,15,20)(H,16,19). The molecule has 1 aliphatic heterocycles. The molecule has 0 radical (unpaired) electrons. The minimum absolute atomic E-state index is 0.00578. The van der Waals surface area contributed by atoms with Crippen molar-refractivity contribution in [1.29, 1.82) is 0 Å². The molecule has 0 saturated carbocycles. The molecule has 0 unspecified atom stereocenters. The Morgan fingerprint density at radius 3 is 2.67 bits per heavy atom. The highest BCUT2D eigenvalue weighted by molar-refractivity contribution is 7.17. The predicted molar refractivity (Wildman–Crippen MR) is 81.2 cm³/mol. The van der Waals surface area contributed by atoms with Crippen LogP contribution in [0.15, 0.2) is 0 Å². The van der Waals surface area contributed by atoms with Crippen LogP contribution in [0.4, 0.5) is 5.00 Å². The number of hydrogen-bond acceptors (Lipinski definition) is 4. The quantitative estimate of drug-likeness (QED) is 0.882. The number of carbonyl (C=O) groups excluding carboxylic acids is 3. The number of carbonyl (C=O) groups is 3. The van der Waals surface area contributed by atoms with E-state index < -0.39 is 5.91 Å². The molecule has 6 nitrogen and oxygen atoms in total. The largest absolute Gasteiger partial charge is 0.365 e. The minimum Gasteiger partial charge on any atom is -0.365 e. The third-order valence-corrected chi connectivity index (χ3v) is 4.61. The Morgan fingerprint density at radius 2 is 2.10 bits per heavy atom. The first-order valence-electron chi connectivity index (χ1n) is 6.93. The van der Waals surface area contributed by atoms with Crippen LogP contribution in [-0.2, 0) is 22.6 Å². The van der Waals surface area contributed by atoms with Crippen LogP contribution in [0.25, 0.3) is 0 Å². The molecule has 1 aromatic rings. The Morgan fingerprint density at radius 1 is 1.38 bits per heavy atom. The number of nitrogens with one attached hydrogen (secondary N) is 1. The monoisotopic (exact) mass is 309 g/mol. The first-order chi connectivity index (χ1) is 9.93. The van der Waals surface area contributed by atoms with E-state index in [1.54, 1.807) is 4.90 Å². The van der Waals surface area contributed by atoms with Crippen molar-refractivity contribution < 1.29 is 14.4 Å². The molecule has 2 rings (SSSR count). The van der Waals surface area contributed by atoms with Gasteiger partial charge in [0.25, 0.3) is 5.91 Å². The second kappa shape index (κ2) is 6.26. The molecule has 0 spiro atoms. The van der Waals surface area contributed by atoms with Gasteiger partial charge in [-0.05, 0) is 18.4 Å². The summed E-state index contributed by atoms with van der Waals surface area (Å²) in [5.74, 6) is -0.649. The van der Waals surface area contributed by atoms with Crippen molar-refractivity contribution in [3.05, 3.63) is 16.0 Å². The third kappa shape index (κ3) is 3.24. The molecule has 0 bridgehead atoms. The van der Waals surface area contributed by atoms with Crippen molar-refractivity contribution in [2.24, 2.45) is 5.73 Å². The van der Waals surface area contributed by atoms with Gasteiger partial charge >= 0.3 is 0 Å². The predicted octanol–water partition coefficient (Wildman–Crippen LogP) is 1.49. The maximum Gasteiger partial charge on any atom is 0.251 e. The van der Waals surface area contributed by atoms with E-state index in [9.17, 15) is 14.4 Å². The van der Waals surface area contributed by atoms with Gasteiger partial charge in [-0.3, -0.25) is 14.4 Å². The summed E-state index contributed by atoms with van der Waals surface area (Å²) in [6.07, 6.45) is 1.73. The molecule has 21 heavy (non-hydrogen) atoms. The summed E-state index contributed by atoms with van der Waals surface area (Å²) in [4.78, 5) is 37.6. The van der Waals surface area contributed by atoms with Crippen molar-refractivity contribution in [2.75, 3.05) is 11.9 Å². The van der Waals surface area contributed by atoms with E-state index in [1.807, 2.05) is 6.92 Å². The number of amides is 3. The van der Waals surface area contributed by atoms with Crippen molar-refractivity contribution in [2.45, 2.75) is 39.7 Å². The van der Waals surface area contributed by atoms with Crippen molar-refractivity contribution in [1.82, 2.24) is 4.90 Å². The molecule has 2 heterocycles. The van der Waals surface area contributed by atoms with Crippen molar-refractivity contribution >= 4 is 34.1 Å². The molecule has 0 aromatic carbocycles. The Kier molecular flexibility index (Phi) is 4.62. The maximum atomic E-state index is 11.8. The highest BCUT2D eigenvalue weighted by Gasteiger charge is 2.28. The minimum atomic E-state index is -0.532. The molecule has 0 saturated heterocycles. The molecule has 114 valence electrons. The van der Waals surface area contributed by atoms with Gasteiger partial charge in [-0.15, -0.1) is 11.3 Å². The number of nitrogens with two attached hydrogens (primary N) is 1. The van der Waals surface area contributed by atoms with Gasteiger partial charge in [-0.1, -0.05) is 6.92 Å². The number of anilines is 1. The number of primary amides is 1. The molecule has 7 heteroatoms. The first-order valence-corrected chi connectivity index (χ1v) is 7.75. The van der Waals surface area contributed by atoms with E-state index >= 15 is 0 Å². The molecule has 3 amide bonds. The summed E-state index contributed by atoms with van der Waals surface area (Å²) < 4.78 is 0. The molecule has 0 atom stereocenters. The smallest absolute Gasteiger partial charge is 0.251 e. The number of nitrogens with zero attached hydrogens (tertiary/aromatic N) is 1. The highest BCUT2D eigenvalue weighted by atomic mass is 32.1. The Bertz CT molecular complexity index is 595. The third-order valence-electron chi connectivity index (χ3n) is 3.48. The highest BCUT2D eigenvalue weighted by Crippen LogP contribution is 2.37. The SMILES string of the molecule is CCCC(=O)Nc1sc2c(c1C(N)=O)CCN(C(C)=O)C2. The maximum absolute atomic E-state index is 11.8. The lowest BCUT2D eigenvalue weighted by Gasteiger charge is -2.25. The van der Waals surface area contributed by atoms with Gasteiger partial charge in [0, 0.05) is 24.8 Å². The summed E-state index contributed by atoms with van der Waals surface area (Å²) in [5.41, 5.74) is 6.74. The zero-order valence-electron chi connectivity index (χ0n) is 12.2. The van der Waals surface area contributed by atoms with Crippen LogP contribution in [0.1, 0.15) is 47.5 Å². The molecule has 0 aliphatic carbocycles. The van der Waals surface area contributed by atoms with Gasteiger partial charge in [0.05, 0.1) is 12.1 Å². The van der Waals surface area contributed by atoms with Crippen LogP contribution >= 0.6 is 11.3 Å². The van der Waals surface area contributed by atoms with Gasteiger partial charge in [-0.2, -0.15) is 0 Å². The summed E-state index contributed by atoms with van der Waals surface area (Å²) in [6, 6.07) is 0. The summed E-state index contributed by atoms with van der Waals surface area (Å²) in [7, 11) is 0. The van der Waals surface area contributed by atoms with Gasteiger partial charge in [0.15, 0.2) is 0 Å².